The molecule has 1 nitrogen and oxygen atoms in total. The molecule has 0 heterocycles. The third kappa shape index (κ3) is 2.49. The number of alkyl halides is 3. The van der Waals surface area contributed by atoms with Crippen molar-refractivity contribution in [3.8, 4) is 0 Å². The Balaban J connectivity index is 2.13. The zero-order chi connectivity index (χ0) is 11.8. The molecular weight excluding hydrogens is 215 g/mol. The maximum atomic E-state index is 12.6. The van der Waals surface area contributed by atoms with Gasteiger partial charge in [-0.15, -0.1) is 0 Å². The second-order valence-corrected chi connectivity index (χ2v) is 4.71. The average molecular weight is 229 g/mol. The number of para-hydroxylation sites is 1. The molecule has 88 valence electrons. The quantitative estimate of drug-likeness (QED) is 0.828. The standard InChI is InChI=1S/C12H14F3N/c1-11(6-7-11)8-16-10-5-3-2-4-9(10)12(13,14)15/h2-5,16H,6-8H2,1H3. The van der Waals surface area contributed by atoms with Gasteiger partial charge in [0.15, 0.2) is 0 Å². The lowest BCUT2D eigenvalue weighted by Gasteiger charge is -2.16. The number of rotatable bonds is 3. The summed E-state index contributed by atoms with van der Waals surface area (Å²) in [6.45, 7) is 2.69. The topological polar surface area (TPSA) is 12.0 Å². The lowest BCUT2D eigenvalue weighted by atomic mass is 10.1. The SMILES string of the molecule is CC1(CNc2ccccc2C(F)(F)F)CC1. The lowest BCUT2D eigenvalue weighted by Crippen LogP contribution is -2.16. The summed E-state index contributed by atoms with van der Waals surface area (Å²) in [4.78, 5) is 0. The fourth-order valence-electron chi connectivity index (χ4n) is 1.58. The highest BCUT2D eigenvalue weighted by atomic mass is 19.4. The predicted molar refractivity (Wildman–Crippen MR) is 57.3 cm³/mol. The Kier molecular flexibility index (Phi) is 2.60. The van der Waals surface area contributed by atoms with E-state index in [0.29, 0.717) is 6.54 Å². The summed E-state index contributed by atoms with van der Waals surface area (Å²) in [5.41, 5.74) is -0.207. The zero-order valence-electron chi connectivity index (χ0n) is 9.06. The third-order valence-corrected chi connectivity index (χ3v) is 3.04. The van der Waals surface area contributed by atoms with E-state index in [0.717, 1.165) is 18.9 Å². The van der Waals surface area contributed by atoms with Crippen LogP contribution < -0.4 is 5.32 Å². The van der Waals surface area contributed by atoms with Gasteiger partial charge in [0.05, 0.1) is 5.56 Å². The molecule has 0 amide bonds. The molecule has 1 aliphatic carbocycles. The van der Waals surface area contributed by atoms with Crippen LogP contribution in [0, 0.1) is 5.41 Å². The predicted octanol–water partition coefficient (Wildman–Crippen LogP) is 3.92. The number of benzene rings is 1. The van der Waals surface area contributed by atoms with Crippen molar-refractivity contribution in [2.24, 2.45) is 5.41 Å². The van der Waals surface area contributed by atoms with Crippen molar-refractivity contribution in [1.82, 2.24) is 0 Å². The molecule has 0 unspecified atom stereocenters. The molecule has 2 rings (SSSR count). The van der Waals surface area contributed by atoms with Crippen molar-refractivity contribution in [1.29, 1.82) is 0 Å². The second kappa shape index (κ2) is 3.68. The molecule has 0 radical (unpaired) electrons. The number of nitrogens with one attached hydrogen (secondary N) is 1. The summed E-state index contributed by atoms with van der Waals surface area (Å²) in [5, 5.41) is 2.90. The van der Waals surface area contributed by atoms with Crippen LogP contribution in [0.3, 0.4) is 0 Å². The molecule has 4 heteroatoms. The van der Waals surface area contributed by atoms with E-state index in [2.05, 4.69) is 12.2 Å². The van der Waals surface area contributed by atoms with Gasteiger partial charge < -0.3 is 5.32 Å². The largest absolute Gasteiger partial charge is 0.418 e. The molecule has 1 fully saturated rings. The highest BCUT2D eigenvalue weighted by molar-refractivity contribution is 5.52. The Morgan fingerprint density at radius 1 is 1.25 bits per heavy atom. The summed E-state index contributed by atoms with van der Waals surface area (Å²) >= 11 is 0. The first-order valence-corrected chi connectivity index (χ1v) is 5.31. The smallest absolute Gasteiger partial charge is 0.384 e. The summed E-state index contributed by atoms with van der Waals surface area (Å²) < 4.78 is 37.9. The van der Waals surface area contributed by atoms with Gasteiger partial charge in [0.2, 0.25) is 0 Å². The van der Waals surface area contributed by atoms with Gasteiger partial charge in [0.25, 0.3) is 0 Å². The van der Waals surface area contributed by atoms with Crippen molar-refractivity contribution in [2.75, 3.05) is 11.9 Å². The van der Waals surface area contributed by atoms with Gasteiger partial charge in [0, 0.05) is 12.2 Å². The number of anilines is 1. The summed E-state index contributed by atoms with van der Waals surface area (Å²) in [6.07, 6.45) is -2.10. The lowest BCUT2D eigenvalue weighted by molar-refractivity contribution is -0.137. The molecule has 0 spiro atoms. The Morgan fingerprint density at radius 2 is 1.88 bits per heavy atom. The van der Waals surface area contributed by atoms with Crippen LogP contribution >= 0.6 is 0 Å². The summed E-state index contributed by atoms with van der Waals surface area (Å²) in [5.74, 6) is 0. The zero-order valence-corrected chi connectivity index (χ0v) is 9.06. The number of halogens is 3. The van der Waals surface area contributed by atoms with Gasteiger partial charge in [-0.05, 0) is 30.4 Å². The molecule has 0 saturated heterocycles. The van der Waals surface area contributed by atoms with E-state index in [1.807, 2.05) is 0 Å². The van der Waals surface area contributed by atoms with E-state index in [1.165, 1.54) is 12.1 Å². The molecule has 1 saturated carbocycles. The average Bonchev–Trinajstić information content (AvgIpc) is 2.94. The van der Waals surface area contributed by atoms with Gasteiger partial charge in [0.1, 0.15) is 0 Å². The molecule has 1 aliphatic rings. The molecule has 0 aromatic heterocycles. The van der Waals surface area contributed by atoms with Gasteiger partial charge >= 0.3 is 6.18 Å². The van der Waals surface area contributed by atoms with Crippen molar-refractivity contribution >= 4 is 5.69 Å². The fraction of sp³-hybridized carbons (Fsp3) is 0.500. The van der Waals surface area contributed by atoms with Crippen LogP contribution in [0.4, 0.5) is 18.9 Å². The molecule has 1 aromatic rings. The van der Waals surface area contributed by atoms with Crippen molar-refractivity contribution in [2.45, 2.75) is 25.9 Å². The van der Waals surface area contributed by atoms with Crippen molar-refractivity contribution in [3.05, 3.63) is 29.8 Å². The highest BCUT2D eigenvalue weighted by Gasteiger charge is 2.38. The Bertz CT molecular complexity index is 380. The normalized spacial score (nSPS) is 18.2. The van der Waals surface area contributed by atoms with Gasteiger partial charge in [-0.2, -0.15) is 13.2 Å². The summed E-state index contributed by atoms with van der Waals surface area (Å²) in [6, 6.07) is 5.62. The minimum Gasteiger partial charge on any atom is -0.384 e. The maximum Gasteiger partial charge on any atom is 0.418 e. The van der Waals surface area contributed by atoms with E-state index in [4.69, 9.17) is 0 Å². The first-order chi connectivity index (χ1) is 7.41. The molecule has 0 atom stereocenters. The van der Waals surface area contributed by atoms with Gasteiger partial charge in [-0.1, -0.05) is 19.1 Å². The molecule has 1 aromatic carbocycles. The molecule has 0 bridgehead atoms. The fourth-order valence-corrected chi connectivity index (χ4v) is 1.58. The van der Waals surface area contributed by atoms with Crippen LogP contribution in [-0.4, -0.2) is 6.54 Å². The van der Waals surface area contributed by atoms with Gasteiger partial charge in [-0.3, -0.25) is 0 Å². The van der Waals surface area contributed by atoms with E-state index in [9.17, 15) is 13.2 Å². The third-order valence-electron chi connectivity index (χ3n) is 3.04. The van der Waals surface area contributed by atoms with E-state index in [1.54, 1.807) is 6.07 Å². The van der Waals surface area contributed by atoms with E-state index >= 15 is 0 Å². The monoisotopic (exact) mass is 229 g/mol. The van der Waals surface area contributed by atoms with Gasteiger partial charge in [-0.25, -0.2) is 0 Å². The van der Waals surface area contributed by atoms with Crippen LogP contribution in [0.15, 0.2) is 24.3 Å². The second-order valence-electron chi connectivity index (χ2n) is 4.71. The Morgan fingerprint density at radius 3 is 2.44 bits per heavy atom. The van der Waals surface area contributed by atoms with Crippen LogP contribution in [0.1, 0.15) is 25.3 Å². The van der Waals surface area contributed by atoms with E-state index < -0.39 is 11.7 Å². The summed E-state index contributed by atoms with van der Waals surface area (Å²) in [7, 11) is 0. The van der Waals surface area contributed by atoms with Crippen LogP contribution in [-0.2, 0) is 6.18 Å². The first kappa shape index (κ1) is 11.3. The molecule has 0 aliphatic heterocycles. The van der Waals surface area contributed by atoms with Crippen LogP contribution in [0.5, 0.6) is 0 Å². The number of hydrogen-bond acceptors (Lipinski definition) is 1. The van der Waals surface area contributed by atoms with Crippen LogP contribution in [0.2, 0.25) is 0 Å². The first-order valence-electron chi connectivity index (χ1n) is 5.31. The minimum absolute atomic E-state index is 0.183. The molecule has 16 heavy (non-hydrogen) atoms. The van der Waals surface area contributed by atoms with E-state index in [-0.39, 0.29) is 11.1 Å². The maximum absolute atomic E-state index is 12.6. The van der Waals surface area contributed by atoms with Crippen molar-refractivity contribution in [3.63, 3.8) is 0 Å². The number of hydrogen-bond donors (Lipinski definition) is 1. The Hall–Kier alpha value is -1.19. The Labute approximate surface area is 92.7 Å². The molecule has 1 N–H and O–H groups in total. The van der Waals surface area contributed by atoms with Crippen molar-refractivity contribution < 1.29 is 13.2 Å². The molecular formula is C12H14F3N. The highest BCUT2D eigenvalue weighted by Crippen LogP contribution is 2.45. The van der Waals surface area contributed by atoms with Crippen LogP contribution in [0.25, 0.3) is 0 Å². The minimum atomic E-state index is -4.28.